The van der Waals surface area contributed by atoms with Crippen LogP contribution in [0.3, 0.4) is 0 Å². The molecule has 0 aromatic heterocycles. The monoisotopic (exact) mass is 288 g/mol. The molecule has 0 saturated carbocycles. The van der Waals surface area contributed by atoms with Crippen LogP contribution in [0.2, 0.25) is 0 Å². The maximum atomic E-state index is 11.8. The van der Waals surface area contributed by atoms with E-state index in [4.69, 9.17) is 10.8 Å². The van der Waals surface area contributed by atoms with Gasteiger partial charge in [0.1, 0.15) is 6.04 Å². The fourth-order valence-electron chi connectivity index (χ4n) is 1.38. The molecule has 0 radical (unpaired) electrons. The second-order valence-corrected chi connectivity index (χ2v) is 5.75. The molecule has 7 nitrogen and oxygen atoms in total. The van der Waals surface area contributed by atoms with Crippen molar-refractivity contribution in [3.05, 3.63) is 0 Å². The number of nitrogens with one attached hydrogen (secondary N) is 1. The zero-order chi connectivity index (χ0) is 15.9. The third-order valence-electron chi connectivity index (χ3n) is 3.02. The van der Waals surface area contributed by atoms with E-state index >= 15 is 0 Å². The van der Waals surface area contributed by atoms with E-state index in [9.17, 15) is 14.4 Å². The van der Waals surface area contributed by atoms with E-state index in [2.05, 4.69) is 10.1 Å². The van der Waals surface area contributed by atoms with Gasteiger partial charge in [-0.1, -0.05) is 20.8 Å². The number of carboxylic acids is 1. The van der Waals surface area contributed by atoms with Gasteiger partial charge in [-0.15, -0.1) is 0 Å². The molecular formula is C13H24N2O5. The summed E-state index contributed by atoms with van der Waals surface area (Å²) in [6.45, 7) is 5.70. The quantitative estimate of drug-likeness (QED) is 0.579. The normalized spacial score (nSPS) is 14.2. The molecule has 0 aliphatic heterocycles. The van der Waals surface area contributed by atoms with Crippen LogP contribution < -0.4 is 11.1 Å². The lowest BCUT2D eigenvalue weighted by Gasteiger charge is -2.27. The van der Waals surface area contributed by atoms with E-state index < -0.39 is 23.9 Å². The second kappa shape index (κ2) is 7.84. The van der Waals surface area contributed by atoms with Crippen LogP contribution >= 0.6 is 0 Å². The number of carbonyl (C=O) groups is 3. The molecule has 7 heteroatoms. The lowest BCUT2D eigenvalue weighted by molar-refractivity contribution is -0.144. The fourth-order valence-corrected chi connectivity index (χ4v) is 1.38. The number of rotatable bonds is 7. The van der Waals surface area contributed by atoms with Gasteiger partial charge in [0.25, 0.3) is 0 Å². The average Bonchev–Trinajstić information content (AvgIpc) is 2.32. The van der Waals surface area contributed by atoms with Crippen molar-refractivity contribution in [2.45, 2.75) is 52.1 Å². The number of aliphatic carboxylic acids is 1. The highest BCUT2D eigenvalue weighted by Gasteiger charge is 2.26. The Kier molecular flexibility index (Phi) is 7.20. The maximum Gasteiger partial charge on any atom is 0.326 e. The predicted molar refractivity (Wildman–Crippen MR) is 72.9 cm³/mol. The van der Waals surface area contributed by atoms with Crippen molar-refractivity contribution in [3.63, 3.8) is 0 Å². The molecule has 0 saturated heterocycles. The molecule has 116 valence electrons. The van der Waals surface area contributed by atoms with Crippen LogP contribution in [0.15, 0.2) is 0 Å². The Morgan fingerprint density at radius 3 is 2.25 bits per heavy atom. The van der Waals surface area contributed by atoms with E-state index in [1.54, 1.807) is 0 Å². The first-order chi connectivity index (χ1) is 9.07. The molecule has 0 spiro atoms. The smallest absolute Gasteiger partial charge is 0.326 e. The molecule has 4 N–H and O–H groups in total. The summed E-state index contributed by atoms with van der Waals surface area (Å²) in [6.07, 6.45) is -0.0525. The molecule has 2 atom stereocenters. The highest BCUT2D eigenvalue weighted by molar-refractivity contribution is 5.84. The lowest BCUT2D eigenvalue weighted by Crippen LogP contribution is -2.45. The van der Waals surface area contributed by atoms with Crippen LogP contribution in [0.1, 0.15) is 40.0 Å². The van der Waals surface area contributed by atoms with Crippen molar-refractivity contribution in [1.29, 1.82) is 0 Å². The molecule has 20 heavy (non-hydrogen) atoms. The van der Waals surface area contributed by atoms with Crippen LogP contribution in [0.5, 0.6) is 0 Å². The van der Waals surface area contributed by atoms with Crippen molar-refractivity contribution in [2.75, 3.05) is 7.11 Å². The number of amides is 1. The zero-order valence-corrected chi connectivity index (χ0v) is 12.4. The van der Waals surface area contributed by atoms with Crippen LogP contribution in [-0.4, -0.2) is 42.1 Å². The Hall–Kier alpha value is -1.63. The van der Waals surface area contributed by atoms with Gasteiger partial charge in [-0.3, -0.25) is 9.59 Å². The topological polar surface area (TPSA) is 119 Å². The van der Waals surface area contributed by atoms with E-state index in [1.165, 1.54) is 7.11 Å². The first-order valence-corrected chi connectivity index (χ1v) is 6.42. The van der Waals surface area contributed by atoms with Gasteiger partial charge in [-0.05, 0) is 11.8 Å². The summed E-state index contributed by atoms with van der Waals surface area (Å²) in [6, 6.07) is -1.49. The van der Waals surface area contributed by atoms with Crippen LogP contribution in [-0.2, 0) is 19.1 Å². The van der Waals surface area contributed by atoms with Gasteiger partial charge in [-0.25, -0.2) is 4.79 Å². The van der Waals surface area contributed by atoms with Crippen LogP contribution in [0.25, 0.3) is 0 Å². The largest absolute Gasteiger partial charge is 0.480 e. The van der Waals surface area contributed by atoms with Gasteiger partial charge in [-0.2, -0.15) is 0 Å². The number of esters is 1. The maximum absolute atomic E-state index is 11.8. The molecule has 0 bridgehead atoms. The predicted octanol–water partition coefficient (Wildman–Crippen LogP) is 0.273. The van der Waals surface area contributed by atoms with Gasteiger partial charge >= 0.3 is 11.9 Å². The summed E-state index contributed by atoms with van der Waals surface area (Å²) >= 11 is 0. The number of hydrogen-bond donors (Lipinski definition) is 3. The molecule has 1 amide bonds. The van der Waals surface area contributed by atoms with Crippen LogP contribution in [0.4, 0.5) is 0 Å². The van der Waals surface area contributed by atoms with Crippen molar-refractivity contribution >= 4 is 17.8 Å². The number of carbonyl (C=O) groups excluding carboxylic acids is 2. The van der Waals surface area contributed by atoms with Crippen molar-refractivity contribution in [3.8, 4) is 0 Å². The number of nitrogens with two attached hydrogens (primary N) is 1. The summed E-state index contributed by atoms with van der Waals surface area (Å²) in [5, 5.41) is 11.4. The first-order valence-electron chi connectivity index (χ1n) is 6.42. The number of ether oxygens (including phenoxy) is 1. The van der Waals surface area contributed by atoms with E-state index in [1.807, 2.05) is 20.8 Å². The Balaban J connectivity index is 4.42. The average molecular weight is 288 g/mol. The Labute approximate surface area is 118 Å². The molecule has 0 aromatic carbocycles. The number of methoxy groups -OCH3 is 1. The van der Waals surface area contributed by atoms with Gasteiger partial charge in [0.2, 0.25) is 5.91 Å². The Morgan fingerprint density at radius 2 is 1.85 bits per heavy atom. The van der Waals surface area contributed by atoms with E-state index in [0.29, 0.717) is 0 Å². The molecule has 0 aliphatic rings. The van der Waals surface area contributed by atoms with Gasteiger partial charge < -0.3 is 20.9 Å². The number of hydrogen-bond acceptors (Lipinski definition) is 5. The minimum Gasteiger partial charge on any atom is -0.480 e. The minimum absolute atomic E-state index is 0.0154. The van der Waals surface area contributed by atoms with E-state index in [-0.39, 0.29) is 30.7 Å². The highest BCUT2D eigenvalue weighted by Crippen LogP contribution is 2.19. The molecule has 0 aliphatic carbocycles. The Morgan fingerprint density at radius 1 is 1.30 bits per heavy atom. The summed E-state index contributed by atoms with van der Waals surface area (Å²) < 4.78 is 4.43. The van der Waals surface area contributed by atoms with Gasteiger partial charge in [0, 0.05) is 18.9 Å². The third kappa shape index (κ3) is 7.08. The lowest BCUT2D eigenvalue weighted by atomic mass is 9.85. The molecule has 0 fully saturated rings. The summed E-state index contributed by atoms with van der Waals surface area (Å²) in [7, 11) is 1.22. The molecule has 0 heterocycles. The standard InChI is InChI=1S/C13H24N2O5/c1-13(2,3)9(14)7-10(16)15-8(12(18)19)5-6-11(17)20-4/h8-9H,5-7,14H2,1-4H3,(H,15,16)(H,18,19)/t8-,9?/m1/s1. The molecular weight excluding hydrogens is 264 g/mol. The van der Waals surface area contributed by atoms with Gasteiger partial charge in [0.15, 0.2) is 0 Å². The Bertz CT molecular complexity index is 362. The minimum atomic E-state index is -1.19. The molecule has 0 rings (SSSR count). The van der Waals surface area contributed by atoms with Crippen molar-refractivity contribution < 1.29 is 24.2 Å². The SMILES string of the molecule is COC(=O)CC[C@@H](NC(=O)CC(N)C(C)(C)C)C(=O)O. The van der Waals surface area contributed by atoms with E-state index in [0.717, 1.165) is 0 Å². The third-order valence-corrected chi connectivity index (χ3v) is 3.02. The van der Waals surface area contributed by atoms with Crippen molar-refractivity contribution in [2.24, 2.45) is 11.1 Å². The molecule has 0 aromatic rings. The fraction of sp³-hybridized carbons (Fsp3) is 0.769. The van der Waals surface area contributed by atoms with Gasteiger partial charge in [0.05, 0.1) is 7.11 Å². The first kappa shape index (κ1) is 18.4. The highest BCUT2D eigenvalue weighted by atomic mass is 16.5. The summed E-state index contributed by atoms with van der Waals surface area (Å²) in [5.41, 5.74) is 5.62. The second-order valence-electron chi connectivity index (χ2n) is 5.75. The molecule has 1 unspecified atom stereocenters. The zero-order valence-electron chi connectivity index (χ0n) is 12.4. The van der Waals surface area contributed by atoms with Crippen LogP contribution in [0, 0.1) is 5.41 Å². The van der Waals surface area contributed by atoms with Crippen molar-refractivity contribution in [1.82, 2.24) is 5.32 Å². The summed E-state index contributed by atoms with van der Waals surface area (Å²) in [5.74, 6) is -2.15. The summed E-state index contributed by atoms with van der Waals surface area (Å²) in [4.78, 5) is 33.8. The number of carboxylic acid groups (broad SMARTS) is 1.